The molecule has 1 rings (SSSR count). The average molecular weight is 247 g/mol. The second kappa shape index (κ2) is 5.16. The van der Waals surface area contributed by atoms with Crippen LogP contribution >= 0.6 is 0 Å². The lowest BCUT2D eigenvalue weighted by molar-refractivity contribution is -0.483. The van der Waals surface area contributed by atoms with Crippen molar-refractivity contribution in [1.29, 1.82) is 0 Å². The molecule has 3 nitrogen and oxygen atoms in total. The van der Waals surface area contributed by atoms with Gasteiger partial charge in [-0.15, -0.1) is 0 Å². The summed E-state index contributed by atoms with van der Waals surface area (Å²) >= 11 is 0. The van der Waals surface area contributed by atoms with Crippen molar-refractivity contribution in [3.63, 3.8) is 0 Å². The molecule has 17 heavy (non-hydrogen) atoms. The van der Waals surface area contributed by atoms with Gasteiger partial charge in [-0.1, -0.05) is 25.1 Å². The summed E-state index contributed by atoms with van der Waals surface area (Å²) in [6, 6.07) is 4.72. The van der Waals surface area contributed by atoms with Crippen LogP contribution in [-0.4, -0.2) is 11.5 Å². The van der Waals surface area contributed by atoms with E-state index in [1.165, 1.54) is 12.1 Å². The van der Waals surface area contributed by atoms with Crippen LogP contribution in [-0.2, 0) is 6.18 Å². The summed E-state index contributed by atoms with van der Waals surface area (Å²) in [7, 11) is 0. The Morgan fingerprint density at radius 3 is 2.53 bits per heavy atom. The summed E-state index contributed by atoms with van der Waals surface area (Å²) in [6.07, 6.45) is -3.98. The van der Waals surface area contributed by atoms with E-state index in [1.54, 1.807) is 6.92 Å². The van der Waals surface area contributed by atoms with Crippen molar-refractivity contribution in [2.45, 2.75) is 25.4 Å². The normalized spacial score (nSPS) is 13.4. The summed E-state index contributed by atoms with van der Waals surface area (Å²) < 4.78 is 37.4. The van der Waals surface area contributed by atoms with Crippen molar-refractivity contribution in [2.24, 2.45) is 0 Å². The molecule has 0 saturated carbocycles. The molecule has 0 aliphatic carbocycles. The van der Waals surface area contributed by atoms with E-state index in [9.17, 15) is 23.3 Å². The molecule has 1 unspecified atom stereocenters. The van der Waals surface area contributed by atoms with Gasteiger partial charge in [0.05, 0.1) is 5.56 Å². The molecule has 0 N–H and O–H groups in total. The molecule has 0 aromatic heterocycles. The van der Waals surface area contributed by atoms with Gasteiger partial charge >= 0.3 is 6.18 Å². The minimum atomic E-state index is -4.41. The lowest BCUT2D eigenvalue weighted by Crippen LogP contribution is -2.13. The fraction of sp³-hybridized carbons (Fsp3) is 0.455. The van der Waals surface area contributed by atoms with Gasteiger partial charge in [0.25, 0.3) is 0 Å². The van der Waals surface area contributed by atoms with Gasteiger partial charge in [0.15, 0.2) is 0 Å². The average Bonchev–Trinajstić information content (AvgIpc) is 2.24. The Bertz CT molecular complexity index is 404. The molecule has 0 fully saturated rings. The second-order valence-electron chi connectivity index (χ2n) is 3.74. The van der Waals surface area contributed by atoms with Gasteiger partial charge in [-0.2, -0.15) is 13.2 Å². The zero-order chi connectivity index (χ0) is 13.1. The lowest BCUT2D eigenvalue weighted by atomic mass is 9.95. The second-order valence-corrected chi connectivity index (χ2v) is 3.74. The summed E-state index contributed by atoms with van der Waals surface area (Å²) in [5.41, 5.74) is -0.407. The molecule has 1 atom stereocenters. The first-order valence-electron chi connectivity index (χ1n) is 5.13. The van der Waals surface area contributed by atoms with Crippen molar-refractivity contribution in [3.8, 4) is 0 Å². The smallest absolute Gasteiger partial charge is 0.265 e. The SMILES string of the molecule is CCC(C[N+](=O)[O-])c1cccc(C(F)(F)F)c1. The molecule has 0 aliphatic rings. The van der Waals surface area contributed by atoms with Crippen LogP contribution in [0.2, 0.25) is 0 Å². The molecule has 0 heterocycles. The van der Waals surface area contributed by atoms with E-state index in [2.05, 4.69) is 0 Å². The van der Waals surface area contributed by atoms with Gasteiger partial charge in [-0.05, 0) is 18.1 Å². The van der Waals surface area contributed by atoms with Gasteiger partial charge < -0.3 is 0 Å². The largest absolute Gasteiger partial charge is 0.416 e. The topological polar surface area (TPSA) is 43.1 Å². The molecular formula is C11H12F3NO2. The highest BCUT2D eigenvalue weighted by Crippen LogP contribution is 2.31. The van der Waals surface area contributed by atoms with Crippen LogP contribution in [0.4, 0.5) is 13.2 Å². The highest BCUT2D eigenvalue weighted by molar-refractivity contribution is 5.28. The monoisotopic (exact) mass is 247 g/mol. The van der Waals surface area contributed by atoms with E-state index in [1.807, 2.05) is 0 Å². The van der Waals surface area contributed by atoms with Crippen LogP contribution in [0.25, 0.3) is 0 Å². The van der Waals surface area contributed by atoms with E-state index >= 15 is 0 Å². The Morgan fingerprint density at radius 2 is 2.06 bits per heavy atom. The third-order valence-electron chi connectivity index (χ3n) is 2.55. The molecule has 6 heteroatoms. The molecular weight excluding hydrogens is 235 g/mol. The van der Waals surface area contributed by atoms with Gasteiger partial charge in [0, 0.05) is 10.8 Å². The summed E-state index contributed by atoms with van der Waals surface area (Å²) in [6.45, 7) is 1.37. The van der Waals surface area contributed by atoms with Crippen molar-refractivity contribution in [1.82, 2.24) is 0 Å². The van der Waals surface area contributed by atoms with Crippen LogP contribution in [0.1, 0.15) is 30.4 Å². The molecule has 0 bridgehead atoms. The quantitative estimate of drug-likeness (QED) is 0.604. The van der Waals surface area contributed by atoms with Gasteiger partial charge in [-0.25, -0.2) is 0 Å². The van der Waals surface area contributed by atoms with Crippen LogP contribution in [0.15, 0.2) is 24.3 Å². The number of nitro groups is 1. The molecule has 0 radical (unpaired) electrons. The summed E-state index contributed by atoms with van der Waals surface area (Å²) in [4.78, 5) is 9.90. The van der Waals surface area contributed by atoms with E-state index in [0.29, 0.717) is 12.0 Å². The Labute approximate surface area is 96.4 Å². The highest BCUT2D eigenvalue weighted by Gasteiger charge is 2.31. The maximum absolute atomic E-state index is 12.5. The van der Waals surface area contributed by atoms with Crippen LogP contribution in [0.3, 0.4) is 0 Å². The summed E-state index contributed by atoms with van der Waals surface area (Å²) in [5, 5.41) is 10.4. The predicted octanol–water partition coefficient (Wildman–Crippen LogP) is 3.48. The first-order valence-corrected chi connectivity index (χ1v) is 5.13. The van der Waals surface area contributed by atoms with Crippen LogP contribution in [0, 0.1) is 10.1 Å². The Kier molecular flexibility index (Phi) is 4.09. The van der Waals surface area contributed by atoms with Crippen molar-refractivity contribution < 1.29 is 18.1 Å². The molecule has 0 spiro atoms. The number of hydrogen-bond donors (Lipinski definition) is 0. The molecule has 0 aliphatic heterocycles. The molecule has 0 amide bonds. The molecule has 1 aromatic carbocycles. The molecule has 94 valence electrons. The number of alkyl halides is 3. The maximum atomic E-state index is 12.5. The molecule has 0 saturated heterocycles. The fourth-order valence-electron chi connectivity index (χ4n) is 1.62. The molecule has 1 aromatic rings. The minimum Gasteiger partial charge on any atom is -0.265 e. The highest BCUT2D eigenvalue weighted by atomic mass is 19.4. The zero-order valence-corrected chi connectivity index (χ0v) is 9.20. The van der Waals surface area contributed by atoms with Crippen LogP contribution in [0.5, 0.6) is 0 Å². The predicted molar refractivity (Wildman–Crippen MR) is 56.3 cm³/mol. The number of benzene rings is 1. The Balaban J connectivity index is 3.01. The van der Waals surface area contributed by atoms with Gasteiger partial charge in [0.2, 0.25) is 6.54 Å². The number of halogens is 3. The number of nitrogens with zero attached hydrogens (tertiary/aromatic N) is 1. The summed E-state index contributed by atoms with van der Waals surface area (Å²) in [5.74, 6) is -0.479. The van der Waals surface area contributed by atoms with E-state index < -0.39 is 22.6 Å². The fourth-order valence-corrected chi connectivity index (χ4v) is 1.62. The minimum absolute atomic E-state index is 0.349. The van der Waals surface area contributed by atoms with E-state index in [0.717, 1.165) is 12.1 Å². The van der Waals surface area contributed by atoms with Crippen molar-refractivity contribution in [2.75, 3.05) is 6.54 Å². The first kappa shape index (κ1) is 13.5. The third kappa shape index (κ3) is 3.72. The van der Waals surface area contributed by atoms with E-state index in [-0.39, 0.29) is 6.54 Å². The maximum Gasteiger partial charge on any atom is 0.416 e. The third-order valence-corrected chi connectivity index (χ3v) is 2.55. The standard InChI is InChI=1S/C11H12F3NO2/c1-2-8(7-15(16)17)9-4-3-5-10(6-9)11(12,13)14/h3-6,8H,2,7H2,1H3. The number of rotatable bonds is 4. The van der Waals surface area contributed by atoms with Crippen molar-refractivity contribution >= 4 is 0 Å². The van der Waals surface area contributed by atoms with Crippen molar-refractivity contribution in [3.05, 3.63) is 45.5 Å². The van der Waals surface area contributed by atoms with Gasteiger partial charge in [0.1, 0.15) is 0 Å². The van der Waals surface area contributed by atoms with Gasteiger partial charge in [-0.3, -0.25) is 10.1 Å². The Hall–Kier alpha value is -1.59. The zero-order valence-electron chi connectivity index (χ0n) is 9.20. The first-order chi connectivity index (χ1) is 7.84. The van der Waals surface area contributed by atoms with E-state index in [4.69, 9.17) is 0 Å². The Morgan fingerprint density at radius 1 is 1.41 bits per heavy atom. The lowest BCUT2D eigenvalue weighted by Gasteiger charge is -2.13. The van der Waals surface area contributed by atoms with Crippen LogP contribution < -0.4 is 0 Å². The number of hydrogen-bond acceptors (Lipinski definition) is 2.